The molecule has 1 N–H and O–H groups in total. The molecule has 5 heteroatoms. The molecule has 0 bridgehead atoms. The largest absolute Gasteiger partial charge is 0.302 e. The predicted molar refractivity (Wildman–Crippen MR) is 86.6 cm³/mol. The third-order valence-corrected chi connectivity index (χ3v) is 4.49. The smallest absolute Gasteiger partial charge is 0.226 e. The van der Waals surface area contributed by atoms with Gasteiger partial charge in [0, 0.05) is 22.4 Å². The molecule has 2 aromatic rings. The Bertz CT molecular complexity index is 552. The minimum atomic E-state index is 0.0260. The summed E-state index contributed by atoms with van der Waals surface area (Å²) in [6.45, 7) is 4.19. The lowest BCUT2D eigenvalue weighted by Crippen LogP contribution is -2.12. The van der Waals surface area contributed by atoms with Crippen LogP contribution in [0.25, 0.3) is 0 Å². The number of aromatic nitrogens is 1. The van der Waals surface area contributed by atoms with Gasteiger partial charge in [-0.05, 0) is 18.1 Å². The van der Waals surface area contributed by atoms with Crippen LogP contribution in [0.15, 0.2) is 40.6 Å². The Morgan fingerprint density at radius 1 is 1.35 bits per heavy atom. The Balaban J connectivity index is 1.75. The second kappa shape index (κ2) is 7.45. The lowest BCUT2D eigenvalue weighted by Gasteiger charge is -2.02. The lowest BCUT2D eigenvalue weighted by molar-refractivity contribution is -0.115. The van der Waals surface area contributed by atoms with E-state index in [-0.39, 0.29) is 5.91 Å². The molecule has 106 valence electrons. The van der Waals surface area contributed by atoms with Crippen LogP contribution in [0.4, 0.5) is 5.13 Å². The van der Waals surface area contributed by atoms with Crippen LogP contribution < -0.4 is 5.32 Å². The zero-order chi connectivity index (χ0) is 14.4. The first-order chi connectivity index (χ1) is 9.65. The van der Waals surface area contributed by atoms with E-state index in [1.807, 2.05) is 23.6 Å². The number of carbonyl (C=O) groups excluding carboxylic acids is 1. The molecule has 20 heavy (non-hydrogen) atoms. The van der Waals surface area contributed by atoms with Crippen molar-refractivity contribution in [3.8, 4) is 0 Å². The summed E-state index contributed by atoms with van der Waals surface area (Å²) in [4.78, 5) is 17.4. The first-order valence-electron chi connectivity index (χ1n) is 6.58. The number of nitrogens with zero attached hydrogens (tertiary/aromatic N) is 1. The summed E-state index contributed by atoms with van der Waals surface area (Å²) in [5, 5.41) is 5.56. The van der Waals surface area contributed by atoms with E-state index >= 15 is 0 Å². The summed E-state index contributed by atoms with van der Waals surface area (Å²) in [5.74, 6) is 1.20. The van der Waals surface area contributed by atoms with Crippen LogP contribution in [-0.2, 0) is 4.79 Å². The first-order valence-corrected chi connectivity index (χ1v) is 8.45. The van der Waals surface area contributed by atoms with Crippen LogP contribution in [0.1, 0.15) is 31.9 Å². The normalized spacial score (nSPS) is 10.8. The van der Waals surface area contributed by atoms with Crippen molar-refractivity contribution in [1.82, 2.24) is 4.98 Å². The number of thiazole rings is 1. The molecule has 1 amide bonds. The Morgan fingerprint density at radius 3 is 2.75 bits per heavy atom. The van der Waals surface area contributed by atoms with E-state index in [9.17, 15) is 4.79 Å². The van der Waals surface area contributed by atoms with Gasteiger partial charge < -0.3 is 5.32 Å². The maximum absolute atomic E-state index is 11.8. The maximum Gasteiger partial charge on any atom is 0.226 e. The van der Waals surface area contributed by atoms with E-state index in [0.717, 1.165) is 11.4 Å². The summed E-state index contributed by atoms with van der Waals surface area (Å²) in [7, 11) is 0. The Morgan fingerprint density at radius 2 is 2.10 bits per heavy atom. The molecule has 1 heterocycles. The van der Waals surface area contributed by atoms with Crippen LogP contribution in [0.5, 0.6) is 0 Å². The zero-order valence-corrected chi connectivity index (χ0v) is 13.3. The van der Waals surface area contributed by atoms with E-state index in [4.69, 9.17) is 0 Å². The Hall–Kier alpha value is -1.33. The zero-order valence-electron chi connectivity index (χ0n) is 11.6. The topological polar surface area (TPSA) is 42.0 Å². The molecule has 2 rings (SSSR count). The third kappa shape index (κ3) is 4.65. The molecule has 0 spiro atoms. The molecule has 1 aromatic heterocycles. The quantitative estimate of drug-likeness (QED) is 0.805. The molecule has 0 aliphatic carbocycles. The van der Waals surface area contributed by atoms with Crippen LogP contribution in [0.2, 0.25) is 0 Å². The van der Waals surface area contributed by atoms with E-state index in [1.165, 1.54) is 16.2 Å². The summed E-state index contributed by atoms with van der Waals surface area (Å²) >= 11 is 3.18. The number of carbonyl (C=O) groups is 1. The molecule has 0 atom stereocenters. The highest BCUT2D eigenvalue weighted by Gasteiger charge is 2.08. The number of hydrogen-bond acceptors (Lipinski definition) is 4. The Kier molecular flexibility index (Phi) is 5.61. The third-order valence-electron chi connectivity index (χ3n) is 2.70. The van der Waals surface area contributed by atoms with Crippen molar-refractivity contribution in [3.05, 3.63) is 41.4 Å². The molecule has 1 aromatic carbocycles. The highest BCUT2D eigenvalue weighted by Crippen LogP contribution is 2.22. The molecular formula is C15H18N2OS2. The number of rotatable bonds is 6. The van der Waals surface area contributed by atoms with Crippen molar-refractivity contribution in [2.24, 2.45) is 0 Å². The molecule has 0 saturated carbocycles. The van der Waals surface area contributed by atoms with Gasteiger partial charge in [0.05, 0.1) is 5.69 Å². The van der Waals surface area contributed by atoms with Gasteiger partial charge in [-0.2, -0.15) is 0 Å². The molecule has 0 aliphatic rings. The summed E-state index contributed by atoms with van der Waals surface area (Å²) in [6.07, 6.45) is 0.496. The average Bonchev–Trinajstić information content (AvgIpc) is 2.88. The molecular weight excluding hydrogens is 288 g/mol. The molecule has 0 fully saturated rings. The van der Waals surface area contributed by atoms with Crippen LogP contribution in [0, 0.1) is 0 Å². The van der Waals surface area contributed by atoms with Gasteiger partial charge in [0.2, 0.25) is 5.91 Å². The van der Waals surface area contributed by atoms with Crippen LogP contribution >= 0.6 is 23.1 Å². The van der Waals surface area contributed by atoms with Gasteiger partial charge in [-0.3, -0.25) is 4.79 Å². The average molecular weight is 306 g/mol. The molecule has 0 saturated heterocycles. The lowest BCUT2D eigenvalue weighted by atomic mass is 10.2. The van der Waals surface area contributed by atoms with E-state index < -0.39 is 0 Å². The van der Waals surface area contributed by atoms with Gasteiger partial charge in [-0.25, -0.2) is 4.98 Å². The minimum Gasteiger partial charge on any atom is -0.302 e. The fourth-order valence-electron chi connectivity index (χ4n) is 1.57. The monoisotopic (exact) mass is 306 g/mol. The van der Waals surface area contributed by atoms with Crippen molar-refractivity contribution in [2.75, 3.05) is 11.1 Å². The van der Waals surface area contributed by atoms with Gasteiger partial charge in [-0.15, -0.1) is 23.1 Å². The van der Waals surface area contributed by atoms with Gasteiger partial charge in [0.1, 0.15) is 0 Å². The highest BCUT2D eigenvalue weighted by molar-refractivity contribution is 7.99. The van der Waals surface area contributed by atoms with Crippen molar-refractivity contribution in [3.63, 3.8) is 0 Å². The van der Waals surface area contributed by atoms with Crippen molar-refractivity contribution >= 4 is 34.1 Å². The van der Waals surface area contributed by atoms with Gasteiger partial charge in [-0.1, -0.05) is 32.0 Å². The minimum absolute atomic E-state index is 0.0260. The number of amides is 1. The second-order valence-corrected chi connectivity index (χ2v) is 6.72. The summed E-state index contributed by atoms with van der Waals surface area (Å²) in [6, 6.07) is 10.1. The number of anilines is 1. The van der Waals surface area contributed by atoms with Crippen molar-refractivity contribution in [2.45, 2.75) is 31.1 Å². The van der Waals surface area contributed by atoms with Gasteiger partial charge in [0.15, 0.2) is 5.13 Å². The van der Waals surface area contributed by atoms with Crippen LogP contribution in [-0.4, -0.2) is 16.6 Å². The van der Waals surface area contributed by atoms with E-state index in [2.05, 4.69) is 36.3 Å². The van der Waals surface area contributed by atoms with E-state index in [1.54, 1.807) is 11.8 Å². The standard InChI is InChI=1S/C15H18N2OS2/c1-11(2)13-10-20-15(16-13)17-14(18)8-9-19-12-6-4-3-5-7-12/h3-7,10-11H,8-9H2,1-2H3,(H,16,17,18). The van der Waals surface area contributed by atoms with Gasteiger partial charge >= 0.3 is 0 Å². The fourth-order valence-corrected chi connectivity index (χ4v) is 3.33. The molecule has 0 radical (unpaired) electrons. The van der Waals surface area contributed by atoms with E-state index in [0.29, 0.717) is 17.5 Å². The van der Waals surface area contributed by atoms with Gasteiger partial charge in [0.25, 0.3) is 0 Å². The molecule has 0 unspecified atom stereocenters. The Labute approximate surface area is 127 Å². The molecule has 3 nitrogen and oxygen atoms in total. The molecule has 0 aliphatic heterocycles. The second-order valence-electron chi connectivity index (χ2n) is 4.69. The van der Waals surface area contributed by atoms with Crippen molar-refractivity contribution in [1.29, 1.82) is 0 Å². The fraction of sp³-hybridized carbons (Fsp3) is 0.333. The highest BCUT2D eigenvalue weighted by atomic mass is 32.2. The number of thioether (sulfide) groups is 1. The number of benzene rings is 1. The van der Waals surface area contributed by atoms with Crippen LogP contribution in [0.3, 0.4) is 0 Å². The number of hydrogen-bond donors (Lipinski definition) is 1. The predicted octanol–water partition coefficient (Wildman–Crippen LogP) is 4.39. The maximum atomic E-state index is 11.8. The van der Waals surface area contributed by atoms with Crippen molar-refractivity contribution < 1.29 is 4.79 Å². The summed E-state index contributed by atoms with van der Waals surface area (Å²) < 4.78 is 0. The first kappa shape index (κ1) is 15.1. The number of nitrogens with one attached hydrogen (secondary N) is 1. The SMILES string of the molecule is CC(C)c1csc(NC(=O)CCSc2ccccc2)n1. The summed E-state index contributed by atoms with van der Waals surface area (Å²) in [5.41, 5.74) is 1.03.